The number of pyridine rings is 1. The zero-order valence-electron chi connectivity index (χ0n) is 14.5. The van der Waals surface area contributed by atoms with E-state index in [9.17, 15) is 9.18 Å². The summed E-state index contributed by atoms with van der Waals surface area (Å²) < 4.78 is 14.8. The zero-order chi connectivity index (χ0) is 18.5. The average Bonchev–Trinajstić information content (AvgIpc) is 3.33. The van der Waals surface area contributed by atoms with Crippen LogP contribution in [0.5, 0.6) is 0 Å². The van der Waals surface area contributed by atoms with Crippen molar-refractivity contribution in [3.05, 3.63) is 48.2 Å². The molecule has 0 aliphatic carbocycles. The third-order valence-corrected chi connectivity index (χ3v) is 4.38. The molecule has 0 bridgehead atoms. The predicted octanol–water partition coefficient (Wildman–Crippen LogP) is 1.84. The molecule has 2 aromatic rings. The molecule has 1 amide bonds. The number of aromatic nitrogens is 3. The van der Waals surface area contributed by atoms with E-state index in [2.05, 4.69) is 15.1 Å². The SMILES string of the molecule is CN=CC(=CN)c1cc(C(=O)N2CCC[C@H]2CF)nn1-c1cccnc1. The molecule has 0 unspecified atom stereocenters. The number of nitrogens with zero attached hydrogens (tertiary/aromatic N) is 5. The molecule has 2 aromatic heterocycles. The van der Waals surface area contributed by atoms with Crippen molar-refractivity contribution in [2.75, 3.05) is 20.3 Å². The monoisotopic (exact) mass is 356 g/mol. The van der Waals surface area contributed by atoms with E-state index in [1.807, 2.05) is 6.07 Å². The van der Waals surface area contributed by atoms with E-state index >= 15 is 0 Å². The second-order valence-electron chi connectivity index (χ2n) is 6.00. The molecule has 1 aliphatic rings. The number of amides is 1. The fraction of sp³-hybridized carbons (Fsp3) is 0.333. The molecule has 1 atom stereocenters. The molecule has 1 fully saturated rings. The van der Waals surface area contributed by atoms with E-state index in [4.69, 9.17) is 5.73 Å². The van der Waals surface area contributed by atoms with Gasteiger partial charge in [0.25, 0.3) is 5.91 Å². The summed E-state index contributed by atoms with van der Waals surface area (Å²) in [5.41, 5.74) is 7.90. The average molecular weight is 356 g/mol. The Hall–Kier alpha value is -3.03. The molecule has 1 aliphatic heterocycles. The number of likely N-dealkylation sites (tertiary alicyclic amines) is 1. The minimum absolute atomic E-state index is 0.244. The summed E-state index contributed by atoms with van der Waals surface area (Å²) in [6, 6.07) is 4.89. The van der Waals surface area contributed by atoms with E-state index in [1.54, 1.807) is 47.4 Å². The number of carbonyl (C=O) groups excluding carboxylic acids is 1. The second kappa shape index (κ2) is 7.90. The summed E-state index contributed by atoms with van der Waals surface area (Å²) in [7, 11) is 1.64. The minimum atomic E-state index is -0.543. The van der Waals surface area contributed by atoms with Crippen LogP contribution in [0.1, 0.15) is 29.0 Å². The van der Waals surface area contributed by atoms with Crippen molar-refractivity contribution < 1.29 is 9.18 Å². The molecule has 0 radical (unpaired) electrons. The first-order valence-corrected chi connectivity index (χ1v) is 8.41. The molecule has 3 heterocycles. The highest BCUT2D eigenvalue weighted by molar-refractivity contribution is 6.09. The maximum absolute atomic E-state index is 13.2. The van der Waals surface area contributed by atoms with Crippen LogP contribution in [-0.2, 0) is 0 Å². The van der Waals surface area contributed by atoms with Gasteiger partial charge in [-0.1, -0.05) is 0 Å². The molecular formula is C18H21FN6O. The van der Waals surface area contributed by atoms with Gasteiger partial charge in [0, 0.05) is 37.8 Å². The predicted molar refractivity (Wildman–Crippen MR) is 98.0 cm³/mol. The number of hydrogen-bond donors (Lipinski definition) is 1. The zero-order valence-corrected chi connectivity index (χ0v) is 14.5. The number of hydrogen-bond acceptors (Lipinski definition) is 5. The van der Waals surface area contributed by atoms with Gasteiger partial charge in [0.2, 0.25) is 0 Å². The van der Waals surface area contributed by atoms with Gasteiger partial charge in [0.15, 0.2) is 5.69 Å². The molecule has 26 heavy (non-hydrogen) atoms. The molecule has 0 spiro atoms. The van der Waals surface area contributed by atoms with Crippen LogP contribution in [0, 0.1) is 0 Å². The van der Waals surface area contributed by atoms with Crippen LogP contribution in [0.2, 0.25) is 0 Å². The molecule has 8 heteroatoms. The Kier molecular flexibility index (Phi) is 5.40. The molecule has 2 N–H and O–H groups in total. The van der Waals surface area contributed by atoms with Crippen LogP contribution in [-0.4, -0.2) is 58.1 Å². The van der Waals surface area contributed by atoms with Gasteiger partial charge < -0.3 is 10.6 Å². The lowest BCUT2D eigenvalue weighted by atomic mass is 10.2. The maximum atomic E-state index is 13.2. The van der Waals surface area contributed by atoms with Gasteiger partial charge in [0.05, 0.1) is 23.6 Å². The van der Waals surface area contributed by atoms with Crippen LogP contribution < -0.4 is 5.73 Å². The number of carbonyl (C=O) groups is 1. The van der Waals surface area contributed by atoms with E-state index in [-0.39, 0.29) is 17.6 Å². The van der Waals surface area contributed by atoms with Gasteiger partial charge in [-0.05, 0) is 31.0 Å². The molecule has 3 rings (SSSR count). The second-order valence-corrected chi connectivity index (χ2v) is 6.00. The largest absolute Gasteiger partial charge is 0.404 e. The Balaban J connectivity index is 2.05. The van der Waals surface area contributed by atoms with E-state index in [0.29, 0.717) is 29.9 Å². The Morgan fingerprint density at radius 2 is 2.38 bits per heavy atom. The van der Waals surface area contributed by atoms with E-state index < -0.39 is 6.67 Å². The number of allylic oxidation sites excluding steroid dienone is 1. The lowest BCUT2D eigenvalue weighted by Crippen LogP contribution is -2.37. The third-order valence-electron chi connectivity index (χ3n) is 4.38. The smallest absolute Gasteiger partial charge is 0.274 e. The van der Waals surface area contributed by atoms with Crippen LogP contribution in [0.4, 0.5) is 4.39 Å². The number of rotatable bonds is 5. The highest BCUT2D eigenvalue weighted by atomic mass is 19.1. The van der Waals surface area contributed by atoms with Gasteiger partial charge in [-0.2, -0.15) is 5.10 Å². The highest BCUT2D eigenvalue weighted by Crippen LogP contribution is 2.23. The van der Waals surface area contributed by atoms with Crippen molar-refractivity contribution in [1.82, 2.24) is 19.7 Å². The molecule has 7 nitrogen and oxygen atoms in total. The Morgan fingerprint density at radius 3 is 3.04 bits per heavy atom. The van der Waals surface area contributed by atoms with Crippen LogP contribution in [0.3, 0.4) is 0 Å². The third kappa shape index (κ3) is 3.35. The van der Waals surface area contributed by atoms with Crippen molar-refractivity contribution in [1.29, 1.82) is 0 Å². The summed E-state index contributed by atoms with van der Waals surface area (Å²) in [6.45, 7) is -0.00311. The van der Waals surface area contributed by atoms with Crippen LogP contribution >= 0.6 is 0 Å². The van der Waals surface area contributed by atoms with Crippen molar-refractivity contribution >= 4 is 17.7 Å². The van der Waals surface area contributed by atoms with Crippen molar-refractivity contribution in [3.8, 4) is 5.69 Å². The molecule has 1 saturated heterocycles. The summed E-state index contributed by atoms with van der Waals surface area (Å²) in [6.07, 6.45) is 7.77. The lowest BCUT2D eigenvalue weighted by Gasteiger charge is -2.21. The first kappa shape index (κ1) is 17.8. The summed E-state index contributed by atoms with van der Waals surface area (Å²) in [5.74, 6) is -0.279. The number of alkyl halides is 1. The van der Waals surface area contributed by atoms with Gasteiger partial charge in [-0.3, -0.25) is 14.8 Å². The van der Waals surface area contributed by atoms with Crippen molar-refractivity contribution in [2.45, 2.75) is 18.9 Å². The minimum Gasteiger partial charge on any atom is -0.404 e. The number of aliphatic imine (C=N–C) groups is 1. The van der Waals surface area contributed by atoms with E-state index in [1.165, 1.54) is 6.20 Å². The fourth-order valence-corrected chi connectivity index (χ4v) is 3.11. The van der Waals surface area contributed by atoms with Gasteiger partial charge in [0.1, 0.15) is 6.67 Å². The van der Waals surface area contributed by atoms with Crippen LogP contribution in [0.25, 0.3) is 11.3 Å². The fourth-order valence-electron chi connectivity index (χ4n) is 3.11. The van der Waals surface area contributed by atoms with Crippen molar-refractivity contribution in [2.24, 2.45) is 10.7 Å². The number of halogens is 1. The van der Waals surface area contributed by atoms with Gasteiger partial charge in [-0.25, -0.2) is 9.07 Å². The topological polar surface area (TPSA) is 89.4 Å². The molecule has 0 aromatic carbocycles. The van der Waals surface area contributed by atoms with Crippen LogP contribution in [0.15, 0.2) is 41.8 Å². The Labute approximate surface area is 151 Å². The quantitative estimate of drug-likeness (QED) is 0.828. The Morgan fingerprint density at radius 1 is 1.54 bits per heavy atom. The highest BCUT2D eigenvalue weighted by Gasteiger charge is 2.31. The van der Waals surface area contributed by atoms with Gasteiger partial charge >= 0.3 is 0 Å². The Bertz CT molecular complexity index is 829. The molecule has 136 valence electrons. The lowest BCUT2D eigenvalue weighted by molar-refractivity contribution is 0.0710. The maximum Gasteiger partial charge on any atom is 0.274 e. The number of nitrogens with two attached hydrogens (primary N) is 1. The normalized spacial score (nSPS) is 18.0. The standard InChI is InChI=1S/C18H21FN6O/c1-21-11-13(10-20)17-8-16(18(26)24-7-3-5-14(24)9-19)23-25(17)15-4-2-6-22-12-15/h2,4,6,8,10-12,14H,3,5,7,9,20H2,1H3/t14-/m0/s1. The summed E-state index contributed by atoms with van der Waals surface area (Å²) in [4.78, 5) is 22.5. The molecule has 0 saturated carbocycles. The van der Waals surface area contributed by atoms with E-state index in [0.717, 1.165) is 6.42 Å². The van der Waals surface area contributed by atoms with Crippen molar-refractivity contribution in [3.63, 3.8) is 0 Å². The summed E-state index contributed by atoms with van der Waals surface area (Å²) >= 11 is 0. The summed E-state index contributed by atoms with van der Waals surface area (Å²) in [5, 5.41) is 4.45. The van der Waals surface area contributed by atoms with Gasteiger partial charge in [-0.15, -0.1) is 0 Å². The molecular weight excluding hydrogens is 335 g/mol. The first-order valence-electron chi connectivity index (χ1n) is 8.41. The first-order chi connectivity index (χ1) is 12.7.